The van der Waals surface area contributed by atoms with Gasteiger partial charge in [-0.3, -0.25) is 0 Å². The van der Waals surface area contributed by atoms with Gasteiger partial charge in [-0.25, -0.2) is 13.2 Å². The van der Waals surface area contributed by atoms with E-state index in [1.807, 2.05) is 0 Å². The van der Waals surface area contributed by atoms with Gasteiger partial charge in [0.2, 0.25) is 11.0 Å². The molecule has 1 fully saturated rings. The summed E-state index contributed by atoms with van der Waals surface area (Å²) in [7, 11) is -2.15. The van der Waals surface area contributed by atoms with Gasteiger partial charge >= 0.3 is 5.76 Å². The topological polar surface area (TPSA) is 108 Å². The molecule has 2 aromatic heterocycles. The summed E-state index contributed by atoms with van der Waals surface area (Å²) in [5, 5.41) is 3.81. The summed E-state index contributed by atoms with van der Waals surface area (Å²) in [4.78, 5) is 11.6. The normalized spacial score (nSPS) is 16.2. The van der Waals surface area contributed by atoms with Crippen molar-refractivity contribution >= 4 is 10.0 Å². The molecule has 0 atom stereocenters. The molecule has 0 radical (unpaired) electrons. The highest BCUT2D eigenvalue weighted by Crippen LogP contribution is 2.22. The highest BCUT2D eigenvalue weighted by atomic mass is 32.2. The van der Waals surface area contributed by atoms with Gasteiger partial charge in [-0.2, -0.15) is 8.99 Å². The molecule has 1 aliphatic heterocycles. The number of rotatable bonds is 6. The van der Waals surface area contributed by atoms with E-state index in [4.69, 9.17) is 13.6 Å². The summed E-state index contributed by atoms with van der Waals surface area (Å²) >= 11 is 0. The van der Waals surface area contributed by atoms with E-state index in [-0.39, 0.29) is 24.1 Å². The Labute approximate surface area is 132 Å². The second-order valence-electron chi connectivity index (χ2n) is 5.18. The van der Waals surface area contributed by atoms with Crippen LogP contribution in [0.1, 0.15) is 24.5 Å². The molecule has 0 spiro atoms. The number of furan rings is 1. The van der Waals surface area contributed by atoms with Crippen LogP contribution in [0.15, 0.2) is 30.9 Å². The average molecular weight is 343 g/mol. The van der Waals surface area contributed by atoms with Gasteiger partial charge in [0, 0.05) is 20.2 Å². The fourth-order valence-corrected chi connectivity index (χ4v) is 3.86. The fraction of sp³-hybridized carbons (Fsp3) is 0.538. The van der Waals surface area contributed by atoms with E-state index >= 15 is 0 Å². The van der Waals surface area contributed by atoms with Crippen LogP contribution in [0.3, 0.4) is 0 Å². The van der Waals surface area contributed by atoms with Crippen molar-refractivity contribution < 1.29 is 22.0 Å². The molecule has 0 aromatic carbocycles. The van der Waals surface area contributed by atoms with Crippen LogP contribution in [-0.2, 0) is 27.9 Å². The van der Waals surface area contributed by atoms with Crippen LogP contribution in [0.25, 0.3) is 0 Å². The molecule has 0 N–H and O–H groups in total. The molecule has 9 nitrogen and oxygen atoms in total. The zero-order valence-corrected chi connectivity index (χ0v) is 13.4. The molecule has 23 heavy (non-hydrogen) atoms. The lowest BCUT2D eigenvalue weighted by Gasteiger charge is -2.12. The van der Waals surface area contributed by atoms with Gasteiger partial charge in [0.15, 0.2) is 0 Å². The molecule has 0 amide bonds. The van der Waals surface area contributed by atoms with Crippen molar-refractivity contribution in [3.8, 4) is 0 Å². The minimum atomic E-state index is -3.61. The van der Waals surface area contributed by atoms with Crippen LogP contribution in [0.5, 0.6) is 0 Å². The molecule has 1 aliphatic rings. The minimum absolute atomic E-state index is 0.0123. The molecule has 3 heterocycles. The van der Waals surface area contributed by atoms with Crippen LogP contribution >= 0.6 is 0 Å². The van der Waals surface area contributed by atoms with Crippen LogP contribution in [0.2, 0.25) is 0 Å². The van der Waals surface area contributed by atoms with Crippen molar-refractivity contribution in [2.24, 2.45) is 0 Å². The zero-order chi connectivity index (χ0) is 16.4. The lowest BCUT2D eigenvalue weighted by molar-refractivity contribution is 0.158. The van der Waals surface area contributed by atoms with Gasteiger partial charge in [0.05, 0.1) is 0 Å². The Hall–Kier alpha value is -1.91. The Morgan fingerprint density at radius 1 is 1.26 bits per heavy atom. The van der Waals surface area contributed by atoms with E-state index in [2.05, 4.69) is 5.10 Å². The van der Waals surface area contributed by atoms with E-state index < -0.39 is 15.8 Å². The predicted molar refractivity (Wildman–Crippen MR) is 77.3 cm³/mol. The molecule has 3 rings (SSSR count). The van der Waals surface area contributed by atoms with Gasteiger partial charge in [0.25, 0.3) is 10.0 Å². The first-order valence-corrected chi connectivity index (χ1v) is 8.59. The molecular weight excluding hydrogens is 326 g/mol. The van der Waals surface area contributed by atoms with Crippen LogP contribution in [-0.4, -0.2) is 42.7 Å². The van der Waals surface area contributed by atoms with Gasteiger partial charge < -0.3 is 13.6 Å². The summed E-state index contributed by atoms with van der Waals surface area (Å²) in [5.74, 6) is -0.200. The number of ether oxygens (including phenoxy) is 1. The van der Waals surface area contributed by atoms with Crippen molar-refractivity contribution in [2.45, 2.75) is 31.1 Å². The number of hydrogen-bond acceptors (Lipinski definition) is 7. The third kappa shape index (κ3) is 3.23. The molecule has 1 saturated heterocycles. The largest absolute Gasteiger partial charge is 0.446 e. The van der Waals surface area contributed by atoms with E-state index in [9.17, 15) is 13.2 Å². The lowest BCUT2D eigenvalue weighted by Crippen LogP contribution is -2.27. The zero-order valence-electron chi connectivity index (χ0n) is 12.6. The molecule has 0 aliphatic carbocycles. The lowest BCUT2D eigenvalue weighted by atomic mass is 10.4. The Kier molecular flexibility index (Phi) is 4.37. The van der Waals surface area contributed by atoms with E-state index in [1.54, 1.807) is 0 Å². The van der Waals surface area contributed by atoms with Crippen LogP contribution < -0.4 is 5.76 Å². The van der Waals surface area contributed by atoms with Crippen molar-refractivity contribution in [3.05, 3.63) is 34.3 Å². The van der Waals surface area contributed by atoms with Gasteiger partial charge in [0.1, 0.15) is 18.9 Å². The molecule has 0 saturated carbocycles. The molecule has 10 heteroatoms. The number of hydrogen-bond donors (Lipinski definition) is 0. The SMILES string of the molecule is COCc1nn(Cc2ccc(S(=O)(=O)N3CCCC3)o2)c(=O)o1. The minimum Gasteiger partial charge on any atom is -0.446 e. The first kappa shape index (κ1) is 16.0. The maximum atomic E-state index is 12.4. The van der Waals surface area contributed by atoms with Crippen LogP contribution in [0, 0.1) is 0 Å². The second kappa shape index (κ2) is 6.30. The van der Waals surface area contributed by atoms with E-state index in [0.29, 0.717) is 18.8 Å². The fourth-order valence-electron chi connectivity index (χ4n) is 2.42. The summed E-state index contributed by atoms with van der Waals surface area (Å²) in [6.45, 7) is 1.07. The Morgan fingerprint density at radius 2 is 2.00 bits per heavy atom. The Morgan fingerprint density at radius 3 is 2.70 bits per heavy atom. The van der Waals surface area contributed by atoms with Crippen molar-refractivity contribution in [3.63, 3.8) is 0 Å². The molecule has 2 aromatic rings. The predicted octanol–water partition coefficient (Wildman–Crippen LogP) is 0.409. The number of nitrogens with zero attached hydrogens (tertiary/aromatic N) is 3. The molecule has 0 bridgehead atoms. The first-order valence-electron chi connectivity index (χ1n) is 7.15. The van der Waals surface area contributed by atoms with Crippen molar-refractivity contribution in [2.75, 3.05) is 20.2 Å². The maximum absolute atomic E-state index is 12.4. The third-order valence-electron chi connectivity index (χ3n) is 3.52. The number of aromatic nitrogens is 2. The van der Waals surface area contributed by atoms with Crippen LogP contribution in [0.4, 0.5) is 0 Å². The Balaban J connectivity index is 1.78. The van der Waals surface area contributed by atoms with Gasteiger partial charge in [-0.15, -0.1) is 5.10 Å². The van der Waals surface area contributed by atoms with E-state index in [0.717, 1.165) is 17.5 Å². The molecule has 0 unspecified atom stereocenters. The smallest absolute Gasteiger partial charge is 0.437 e. The number of sulfonamides is 1. The maximum Gasteiger partial charge on any atom is 0.437 e. The summed E-state index contributed by atoms with van der Waals surface area (Å²) in [5.41, 5.74) is 0. The molecule has 126 valence electrons. The standard InChI is InChI=1S/C13H17N3O6S/c1-20-9-11-14-16(13(17)22-11)8-10-4-5-12(21-10)23(18,19)15-6-2-3-7-15/h4-5H,2-3,6-9H2,1H3. The first-order chi connectivity index (χ1) is 11.0. The summed E-state index contributed by atoms with van der Waals surface area (Å²) in [6.07, 6.45) is 1.70. The van der Waals surface area contributed by atoms with Crippen molar-refractivity contribution in [1.82, 2.24) is 14.1 Å². The van der Waals surface area contributed by atoms with Crippen molar-refractivity contribution in [1.29, 1.82) is 0 Å². The number of methoxy groups -OCH3 is 1. The second-order valence-corrected chi connectivity index (χ2v) is 7.05. The summed E-state index contributed by atoms with van der Waals surface area (Å²) < 4.78 is 42.3. The monoisotopic (exact) mass is 343 g/mol. The quantitative estimate of drug-likeness (QED) is 0.747. The van der Waals surface area contributed by atoms with E-state index in [1.165, 1.54) is 23.5 Å². The summed E-state index contributed by atoms with van der Waals surface area (Å²) in [6, 6.07) is 2.91. The highest BCUT2D eigenvalue weighted by Gasteiger charge is 2.30. The van der Waals surface area contributed by atoms with Gasteiger partial charge in [-0.1, -0.05) is 0 Å². The van der Waals surface area contributed by atoms with Gasteiger partial charge in [-0.05, 0) is 25.0 Å². The molecular formula is C13H17N3O6S. The highest BCUT2D eigenvalue weighted by molar-refractivity contribution is 7.89. The average Bonchev–Trinajstić information content (AvgIpc) is 3.23. The third-order valence-corrected chi connectivity index (χ3v) is 5.29. The Bertz CT molecular complexity index is 828.